The van der Waals surface area contributed by atoms with Crippen LogP contribution < -0.4 is 0 Å². The van der Waals surface area contributed by atoms with Crippen molar-refractivity contribution in [2.75, 3.05) is 6.61 Å². The van der Waals surface area contributed by atoms with E-state index in [1.807, 2.05) is 0 Å². The summed E-state index contributed by atoms with van der Waals surface area (Å²) in [5, 5.41) is 0. The molecule has 0 spiro atoms. The Kier molecular flexibility index (Phi) is 3.13. The van der Waals surface area contributed by atoms with Crippen LogP contribution in [0.25, 0.3) is 0 Å². The highest BCUT2D eigenvalue weighted by atomic mass is 16.5. The van der Waals surface area contributed by atoms with Crippen molar-refractivity contribution in [3.63, 3.8) is 0 Å². The van der Waals surface area contributed by atoms with E-state index in [0.717, 1.165) is 25.9 Å². The molecule has 0 bridgehead atoms. The maximum atomic E-state index is 10.7. The molecular formula is C9H12O2. The zero-order valence-corrected chi connectivity index (χ0v) is 6.51. The predicted molar refractivity (Wildman–Crippen MR) is 42.0 cm³/mol. The summed E-state index contributed by atoms with van der Waals surface area (Å²) in [7, 11) is 0. The predicted octanol–water partition coefficient (Wildman–Crippen LogP) is 1.15. The first-order valence-corrected chi connectivity index (χ1v) is 3.94. The number of ketones is 1. The van der Waals surface area contributed by atoms with E-state index < -0.39 is 0 Å². The van der Waals surface area contributed by atoms with Gasteiger partial charge in [0.15, 0.2) is 0 Å². The van der Waals surface area contributed by atoms with Gasteiger partial charge in [0.05, 0.1) is 6.10 Å². The summed E-state index contributed by atoms with van der Waals surface area (Å²) < 4.78 is 5.33. The fourth-order valence-electron chi connectivity index (χ4n) is 1.24. The number of Topliss-reactive ketones (excluding diaryl/α,β-unsaturated/α-hetero) is 1. The zero-order chi connectivity index (χ0) is 8.10. The number of carbonyl (C=O) groups excluding carboxylic acids is 1. The maximum Gasteiger partial charge on any atom is 0.205 e. The quantitative estimate of drug-likeness (QED) is 0.448. The summed E-state index contributed by atoms with van der Waals surface area (Å²) in [5.74, 6) is 1.98. The molecule has 1 aliphatic heterocycles. The van der Waals surface area contributed by atoms with Crippen molar-refractivity contribution in [1.82, 2.24) is 0 Å². The minimum Gasteiger partial charge on any atom is -0.378 e. The van der Waals surface area contributed by atoms with E-state index in [1.54, 1.807) is 0 Å². The molecule has 0 aromatic carbocycles. The Hall–Kier alpha value is -0.810. The second kappa shape index (κ2) is 4.15. The van der Waals surface area contributed by atoms with Gasteiger partial charge in [0.2, 0.25) is 5.78 Å². The van der Waals surface area contributed by atoms with Crippen LogP contribution in [0.5, 0.6) is 0 Å². The van der Waals surface area contributed by atoms with Gasteiger partial charge in [0.1, 0.15) is 0 Å². The van der Waals surface area contributed by atoms with Crippen molar-refractivity contribution < 1.29 is 9.53 Å². The van der Waals surface area contributed by atoms with Gasteiger partial charge < -0.3 is 4.74 Å². The third-order valence-electron chi connectivity index (χ3n) is 1.88. The number of rotatable bonds is 3. The molecule has 0 aromatic rings. The number of ether oxygens (including phenoxy) is 1. The van der Waals surface area contributed by atoms with Crippen molar-refractivity contribution in [3.8, 4) is 12.3 Å². The monoisotopic (exact) mass is 152 g/mol. The van der Waals surface area contributed by atoms with E-state index in [1.165, 1.54) is 0 Å². The molecule has 60 valence electrons. The molecule has 0 aromatic heterocycles. The lowest BCUT2D eigenvalue weighted by Crippen LogP contribution is -2.07. The van der Waals surface area contributed by atoms with Gasteiger partial charge in [0, 0.05) is 13.0 Å². The minimum absolute atomic E-state index is 0.111. The Balaban J connectivity index is 2.12. The van der Waals surface area contributed by atoms with Gasteiger partial charge in [-0.15, -0.1) is 6.42 Å². The van der Waals surface area contributed by atoms with Crippen LogP contribution in [0, 0.1) is 12.3 Å². The summed E-state index contributed by atoms with van der Waals surface area (Å²) in [6.45, 7) is 0.842. The smallest absolute Gasteiger partial charge is 0.205 e. The van der Waals surface area contributed by atoms with Crippen molar-refractivity contribution >= 4 is 5.78 Å². The summed E-state index contributed by atoms with van der Waals surface area (Å²) in [5.41, 5.74) is 0. The van der Waals surface area contributed by atoms with Gasteiger partial charge in [-0.25, -0.2) is 0 Å². The Bertz CT molecular complexity index is 172. The standard InChI is InChI=1S/C9H12O2/c1-2-8(10)5-6-9-4-3-7-11-9/h1,9H,3-7H2. The molecule has 1 fully saturated rings. The lowest BCUT2D eigenvalue weighted by atomic mass is 10.1. The molecule has 11 heavy (non-hydrogen) atoms. The van der Waals surface area contributed by atoms with Gasteiger partial charge in [-0.1, -0.05) is 0 Å². The molecule has 1 unspecified atom stereocenters. The van der Waals surface area contributed by atoms with Crippen molar-refractivity contribution in [1.29, 1.82) is 0 Å². The van der Waals surface area contributed by atoms with E-state index >= 15 is 0 Å². The third kappa shape index (κ3) is 2.73. The largest absolute Gasteiger partial charge is 0.378 e. The van der Waals surface area contributed by atoms with E-state index in [0.29, 0.717) is 6.42 Å². The van der Waals surface area contributed by atoms with Gasteiger partial charge in [-0.05, 0) is 25.2 Å². The number of hydrogen-bond donors (Lipinski definition) is 0. The van der Waals surface area contributed by atoms with Crippen molar-refractivity contribution in [2.45, 2.75) is 31.8 Å². The average Bonchev–Trinajstić information content (AvgIpc) is 2.52. The fraction of sp³-hybridized carbons (Fsp3) is 0.667. The van der Waals surface area contributed by atoms with E-state index in [-0.39, 0.29) is 11.9 Å². The highest BCUT2D eigenvalue weighted by Gasteiger charge is 2.15. The van der Waals surface area contributed by atoms with E-state index in [9.17, 15) is 4.79 Å². The molecule has 2 heteroatoms. The van der Waals surface area contributed by atoms with Crippen LogP contribution in [0.3, 0.4) is 0 Å². The van der Waals surface area contributed by atoms with Crippen LogP contribution in [0.15, 0.2) is 0 Å². The van der Waals surface area contributed by atoms with Gasteiger partial charge in [-0.2, -0.15) is 0 Å². The van der Waals surface area contributed by atoms with Gasteiger partial charge in [0.25, 0.3) is 0 Å². The summed E-state index contributed by atoms with van der Waals surface area (Å²) >= 11 is 0. The lowest BCUT2D eigenvalue weighted by molar-refractivity contribution is -0.114. The van der Waals surface area contributed by atoms with E-state index in [2.05, 4.69) is 5.92 Å². The molecule has 0 aliphatic carbocycles. The topological polar surface area (TPSA) is 26.3 Å². The second-order valence-corrected chi connectivity index (χ2v) is 2.74. The third-order valence-corrected chi connectivity index (χ3v) is 1.88. The summed E-state index contributed by atoms with van der Waals surface area (Å²) in [6.07, 6.45) is 8.67. The molecular weight excluding hydrogens is 140 g/mol. The van der Waals surface area contributed by atoms with Crippen LogP contribution in [-0.2, 0) is 9.53 Å². The average molecular weight is 152 g/mol. The molecule has 2 nitrogen and oxygen atoms in total. The molecule has 0 N–H and O–H groups in total. The first-order valence-electron chi connectivity index (χ1n) is 3.94. The number of hydrogen-bond acceptors (Lipinski definition) is 2. The molecule has 1 atom stereocenters. The number of terminal acetylenes is 1. The maximum absolute atomic E-state index is 10.7. The molecule has 1 saturated heterocycles. The number of carbonyl (C=O) groups is 1. The Morgan fingerprint density at radius 1 is 1.73 bits per heavy atom. The Morgan fingerprint density at radius 3 is 3.09 bits per heavy atom. The molecule has 1 heterocycles. The highest BCUT2D eigenvalue weighted by Crippen LogP contribution is 2.16. The first kappa shape index (κ1) is 8.29. The summed E-state index contributed by atoms with van der Waals surface area (Å²) in [4.78, 5) is 10.7. The van der Waals surface area contributed by atoms with Crippen molar-refractivity contribution in [3.05, 3.63) is 0 Å². The van der Waals surface area contributed by atoms with Crippen molar-refractivity contribution in [2.24, 2.45) is 0 Å². The van der Waals surface area contributed by atoms with Gasteiger partial charge >= 0.3 is 0 Å². The van der Waals surface area contributed by atoms with Crippen LogP contribution in [0.4, 0.5) is 0 Å². The van der Waals surface area contributed by atoms with Crippen LogP contribution in [0.2, 0.25) is 0 Å². The second-order valence-electron chi connectivity index (χ2n) is 2.74. The van der Waals surface area contributed by atoms with Gasteiger partial charge in [-0.3, -0.25) is 4.79 Å². The SMILES string of the molecule is C#CC(=O)CCC1CCCO1. The highest BCUT2D eigenvalue weighted by molar-refractivity contribution is 5.94. The molecule has 0 saturated carbocycles. The lowest BCUT2D eigenvalue weighted by Gasteiger charge is -2.05. The minimum atomic E-state index is -0.111. The molecule has 0 amide bonds. The zero-order valence-electron chi connectivity index (χ0n) is 6.51. The Labute approximate surface area is 66.9 Å². The van der Waals surface area contributed by atoms with Crippen LogP contribution in [0.1, 0.15) is 25.7 Å². The first-order chi connectivity index (χ1) is 5.33. The Morgan fingerprint density at radius 2 is 2.55 bits per heavy atom. The molecule has 1 rings (SSSR count). The fourth-order valence-corrected chi connectivity index (χ4v) is 1.24. The van der Waals surface area contributed by atoms with E-state index in [4.69, 9.17) is 11.2 Å². The normalized spacial score (nSPS) is 23.0. The molecule has 0 radical (unpaired) electrons. The van der Waals surface area contributed by atoms with Crippen LogP contribution >= 0.6 is 0 Å². The summed E-state index contributed by atoms with van der Waals surface area (Å²) in [6, 6.07) is 0. The molecule has 1 aliphatic rings. The van der Waals surface area contributed by atoms with Crippen LogP contribution in [-0.4, -0.2) is 18.5 Å².